The Morgan fingerprint density at radius 2 is 1.75 bits per heavy atom. The molecule has 1 aromatic rings. The number of anilines is 1. The molecule has 1 aliphatic heterocycles. The predicted octanol–water partition coefficient (Wildman–Crippen LogP) is 1.99. The van der Waals surface area contributed by atoms with Crippen molar-refractivity contribution in [1.29, 1.82) is 0 Å². The van der Waals surface area contributed by atoms with Crippen LogP contribution in [0.25, 0.3) is 0 Å². The standard InChI is InChI=1S/C29H42N4O7/c1-31(2)15-8-16-32(3)24(34)17-21(27(38)39)18-29(13-6-7-14-29)28(40)30-22-12-11-20-9-4-5-10-23(20)33(26(22)37)19-25(35)36/h4-5,9-10,21-22H,6-8,11-19H2,1-3H3,(H,30,40)(H,35,36)(H,38,39)/t21-,22?/m1/s1. The molecule has 1 aromatic carbocycles. The summed E-state index contributed by atoms with van der Waals surface area (Å²) < 4.78 is 0. The smallest absolute Gasteiger partial charge is 0.323 e. The molecule has 0 radical (unpaired) electrons. The van der Waals surface area contributed by atoms with Gasteiger partial charge in [-0.25, -0.2) is 0 Å². The largest absolute Gasteiger partial charge is 0.481 e. The van der Waals surface area contributed by atoms with Crippen LogP contribution >= 0.6 is 0 Å². The maximum Gasteiger partial charge on any atom is 0.323 e. The van der Waals surface area contributed by atoms with E-state index >= 15 is 0 Å². The fourth-order valence-corrected chi connectivity index (χ4v) is 5.87. The highest BCUT2D eigenvalue weighted by molar-refractivity contribution is 6.03. The van der Waals surface area contributed by atoms with Crippen LogP contribution in [0.15, 0.2) is 24.3 Å². The van der Waals surface area contributed by atoms with Gasteiger partial charge in [0.2, 0.25) is 17.7 Å². The Morgan fingerprint density at radius 1 is 1.07 bits per heavy atom. The summed E-state index contributed by atoms with van der Waals surface area (Å²) in [5, 5.41) is 22.3. The minimum Gasteiger partial charge on any atom is -0.481 e. The van der Waals surface area contributed by atoms with Crippen molar-refractivity contribution in [2.45, 2.75) is 63.8 Å². The molecular weight excluding hydrogens is 516 g/mol. The van der Waals surface area contributed by atoms with E-state index in [4.69, 9.17) is 0 Å². The Balaban J connectivity index is 1.74. The van der Waals surface area contributed by atoms with Crippen LogP contribution in [0.4, 0.5) is 5.69 Å². The van der Waals surface area contributed by atoms with Crippen molar-refractivity contribution in [3.63, 3.8) is 0 Å². The summed E-state index contributed by atoms with van der Waals surface area (Å²) in [6.45, 7) is 0.782. The summed E-state index contributed by atoms with van der Waals surface area (Å²) in [6, 6.07) is 6.16. The molecule has 11 heteroatoms. The zero-order chi connectivity index (χ0) is 29.4. The van der Waals surface area contributed by atoms with Crippen molar-refractivity contribution in [2.75, 3.05) is 45.7 Å². The molecule has 0 saturated heterocycles. The quantitative estimate of drug-likeness (QED) is 0.333. The number of carbonyl (C=O) groups excluding carboxylic acids is 3. The summed E-state index contributed by atoms with van der Waals surface area (Å²) in [5.74, 6) is -4.50. The summed E-state index contributed by atoms with van der Waals surface area (Å²) in [7, 11) is 5.55. The third-order valence-electron chi connectivity index (χ3n) is 8.12. The Morgan fingerprint density at radius 3 is 2.38 bits per heavy atom. The van der Waals surface area contributed by atoms with Gasteiger partial charge in [0.1, 0.15) is 12.6 Å². The Hall–Kier alpha value is -3.47. The molecule has 1 heterocycles. The molecule has 3 amide bonds. The van der Waals surface area contributed by atoms with Gasteiger partial charge in [-0.05, 0) is 70.8 Å². The third kappa shape index (κ3) is 7.80. The molecule has 220 valence electrons. The average Bonchev–Trinajstić information content (AvgIpc) is 3.34. The van der Waals surface area contributed by atoms with Crippen molar-refractivity contribution in [2.24, 2.45) is 11.3 Å². The summed E-state index contributed by atoms with van der Waals surface area (Å²) in [4.78, 5) is 68.7. The number of nitrogens with one attached hydrogen (secondary N) is 1. The molecule has 0 spiro atoms. The van der Waals surface area contributed by atoms with Crippen LogP contribution in [0.3, 0.4) is 0 Å². The SMILES string of the molecule is CN(C)CCCN(C)C(=O)C[C@H](CC1(C(=O)NC2CCc3ccccc3N(CC(=O)O)C2=O)CCCC1)C(=O)O. The molecule has 0 bridgehead atoms. The molecule has 2 atom stereocenters. The number of aliphatic carboxylic acids is 2. The molecule has 1 fully saturated rings. The second-order valence-electron chi connectivity index (χ2n) is 11.4. The summed E-state index contributed by atoms with van der Waals surface area (Å²) in [5.41, 5.74) is 0.328. The van der Waals surface area contributed by atoms with Gasteiger partial charge in [0, 0.05) is 25.7 Å². The molecule has 1 aliphatic carbocycles. The molecule has 1 saturated carbocycles. The molecule has 2 aliphatic rings. The van der Waals surface area contributed by atoms with Gasteiger partial charge in [-0.15, -0.1) is 0 Å². The molecule has 40 heavy (non-hydrogen) atoms. The van der Waals surface area contributed by atoms with Crippen LogP contribution in [0.1, 0.15) is 56.9 Å². The van der Waals surface area contributed by atoms with Crippen LogP contribution in [-0.2, 0) is 30.4 Å². The van der Waals surface area contributed by atoms with Crippen LogP contribution in [0.2, 0.25) is 0 Å². The Bertz CT molecular complexity index is 1100. The second kappa shape index (κ2) is 13.7. The lowest BCUT2D eigenvalue weighted by molar-refractivity contribution is -0.148. The van der Waals surface area contributed by atoms with E-state index in [2.05, 4.69) is 5.32 Å². The number of carboxylic acids is 2. The molecule has 11 nitrogen and oxygen atoms in total. The van der Waals surface area contributed by atoms with Gasteiger partial charge in [0.05, 0.1) is 11.3 Å². The highest BCUT2D eigenvalue weighted by atomic mass is 16.4. The number of nitrogens with zero attached hydrogens (tertiary/aromatic N) is 3. The van der Waals surface area contributed by atoms with Crippen molar-refractivity contribution in [3.05, 3.63) is 29.8 Å². The monoisotopic (exact) mass is 558 g/mol. The lowest BCUT2D eigenvalue weighted by Gasteiger charge is -2.33. The number of rotatable bonds is 13. The van der Waals surface area contributed by atoms with Gasteiger partial charge in [-0.1, -0.05) is 31.0 Å². The van der Waals surface area contributed by atoms with Gasteiger partial charge in [0.15, 0.2) is 0 Å². The summed E-state index contributed by atoms with van der Waals surface area (Å²) >= 11 is 0. The first-order valence-electron chi connectivity index (χ1n) is 14.0. The van der Waals surface area contributed by atoms with E-state index in [0.717, 1.165) is 31.4 Å². The van der Waals surface area contributed by atoms with Gasteiger partial charge in [0.25, 0.3) is 0 Å². The van der Waals surface area contributed by atoms with Crippen molar-refractivity contribution < 1.29 is 34.2 Å². The Labute approximate surface area is 235 Å². The molecular formula is C29H42N4O7. The minimum atomic E-state index is -1.16. The predicted molar refractivity (Wildman–Crippen MR) is 149 cm³/mol. The zero-order valence-corrected chi connectivity index (χ0v) is 23.7. The highest BCUT2D eigenvalue weighted by Gasteiger charge is 2.46. The lowest BCUT2D eigenvalue weighted by atomic mass is 9.75. The van der Waals surface area contributed by atoms with E-state index in [1.165, 1.54) is 4.90 Å². The number of benzene rings is 1. The maximum atomic E-state index is 13.8. The fourth-order valence-electron chi connectivity index (χ4n) is 5.87. The van der Waals surface area contributed by atoms with Gasteiger partial charge < -0.3 is 25.3 Å². The Kier molecular flexibility index (Phi) is 10.7. The molecule has 1 unspecified atom stereocenters. The maximum absolute atomic E-state index is 13.8. The third-order valence-corrected chi connectivity index (χ3v) is 8.12. The number of hydrogen-bond acceptors (Lipinski definition) is 6. The normalized spacial score (nSPS) is 19.1. The van der Waals surface area contributed by atoms with Crippen LogP contribution in [-0.4, -0.2) is 96.5 Å². The van der Waals surface area contributed by atoms with Gasteiger partial charge >= 0.3 is 11.9 Å². The zero-order valence-electron chi connectivity index (χ0n) is 23.7. The number of aryl methyl sites for hydroxylation is 1. The second-order valence-corrected chi connectivity index (χ2v) is 11.4. The molecule has 3 N–H and O–H groups in total. The lowest BCUT2D eigenvalue weighted by Crippen LogP contribution is -2.53. The first kappa shape index (κ1) is 31.1. The van der Waals surface area contributed by atoms with Crippen molar-refractivity contribution in [3.8, 4) is 0 Å². The number of carbonyl (C=O) groups is 5. The first-order chi connectivity index (χ1) is 18.9. The minimum absolute atomic E-state index is 0.00538. The number of carboxylic acid groups (broad SMARTS) is 2. The van der Waals surface area contributed by atoms with E-state index in [0.29, 0.717) is 37.9 Å². The topological polar surface area (TPSA) is 148 Å². The number of amides is 3. The van der Waals surface area contributed by atoms with E-state index in [1.54, 1.807) is 24.1 Å². The highest BCUT2D eigenvalue weighted by Crippen LogP contribution is 2.44. The average molecular weight is 559 g/mol. The van der Waals surface area contributed by atoms with E-state index < -0.39 is 47.7 Å². The van der Waals surface area contributed by atoms with Crippen molar-refractivity contribution >= 4 is 35.3 Å². The van der Waals surface area contributed by atoms with Gasteiger partial charge in [-0.2, -0.15) is 0 Å². The fraction of sp³-hybridized carbons (Fsp3) is 0.621. The molecule has 0 aromatic heterocycles. The van der Waals surface area contributed by atoms with E-state index in [-0.39, 0.29) is 18.7 Å². The van der Waals surface area contributed by atoms with Gasteiger partial charge in [-0.3, -0.25) is 28.9 Å². The number of fused-ring (bicyclic) bond motifs is 1. The van der Waals surface area contributed by atoms with Crippen LogP contribution in [0, 0.1) is 11.3 Å². The number of hydrogen-bond donors (Lipinski definition) is 3. The summed E-state index contributed by atoms with van der Waals surface area (Å²) in [6.07, 6.45) is 3.76. The molecule has 3 rings (SSSR count). The van der Waals surface area contributed by atoms with Crippen molar-refractivity contribution in [1.82, 2.24) is 15.1 Å². The number of para-hydroxylation sites is 1. The van der Waals surface area contributed by atoms with Crippen LogP contribution in [0.5, 0.6) is 0 Å². The van der Waals surface area contributed by atoms with E-state index in [9.17, 15) is 34.2 Å². The first-order valence-corrected chi connectivity index (χ1v) is 14.0. The van der Waals surface area contributed by atoms with Crippen LogP contribution < -0.4 is 10.2 Å². The van der Waals surface area contributed by atoms with E-state index in [1.807, 2.05) is 31.1 Å².